The molecule has 0 radical (unpaired) electrons. The van der Waals surface area contributed by atoms with Crippen LogP contribution in [0.5, 0.6) is 0 Å². The largest absolute Gasteiger partial charge is 0.481 e. The van der Waals surface area contributed by atoms with Crippen LogP contribution in [0.15, 0.2) is 60.7 Å². The summed E-state index contributed by atoms with van der Waals surface area (Å²) in [5, 5.41) is 8.95. The van der Waals surface area contributed by atoms with Crippen molar-refractivity contribution >= 4 is 5.97 Å². The molecule has 21 heavy (non-hydrogen) atoms. The van der Waals surface area contributed by atoms with E-state index in [1.807, 2.05) is 60.7 Å². The normalized spacial score (nSPS) is 10.5. The van der Waals surface area contributed by atoms with Gasteiger partial charge in [0.25, 0.3) is 0 Å². The van der Waals surface area contributed by atoms with E-state index < -0.39 is 5.97 Å². The number of rotatable bonds is 4. The molecule has 0 spiro atoms. The molecule has 0 bridgehead atoms. The Bertz CT molecular complexity index is 692. The Labute approximate surface area is 122 Å². The van der Waals surface area contributed by atoms with Gasteiger partial charge in [0.15, 0.2) is 0 Å². The fourth-order valence-electron chi connectivity index (χ4n) is 2.27. The lowest BCUT2D eigenvalue weighted by Crippen LogP contribution is -2.01. The fraction of sp³-hybridized carbons (Fsp3) is 0.0588. The predicted molar refractivity (Wildman–Crippen MR) is 80.8 cm³/mol. The van der Waals surface area contributed by atoms with Crippen molar-refractivity contribution in [2.45, 2.75) is 6.42 Å². The van der Waals surface area contributed by atoms with Gasteiger partial charge in [-0.3, -0.25) is 4.79 Å². The van der Waals surface area contributed by atoms with Gasteiger partial charge in [-0.15, -0.1) is 0 Å². The van der Waals surface area contributed by atoms with Gasteiger partial charge in [0.05, 0.1) is 11.4 Å². The third-order valence-electron chi connectivity index (χ3n) is 3.18. The zero-order valence-electron chi connectivity index (χ0n) is 11.3. The van der Waals surface area contributed by atoms with Crippen molar-refractivity contribution in [2.75, 3.05) is 0 Å². The topological polar surface area (TPSA) is 66.0 Å². The Hall–Kier alpha value is -2.88. The van der Waals surface area contributed by atoms with Crippen LogP contribution in [-0.2, 0) is 11.2 Å². The van der Waals surface area contributed by atoms with Gasteiger partial charge in [-0.2, -0.15) is 0 Å². The Balaban J connectivity index is 2.13. The summed E-state index contributed by atoms with van der Waals surface area (Å²) in [4.78, 5) is 18.5. The minimum absolute atomic E-state index is 0.118. The van der Waals surface area contributed by atoms with Crippen LogP contribution in [0.4, 0.5) is 0 Å². The molecule has 0 amide bonds. The first kappa shape index (κ1) is 13.1. The van der Waals surface area contributed by atoms with Gasteiger partial charge >= 0.3 is 5.97 Å². The van der Waals surface area contributed by atoms with Gasteiger partial charge in [0, 0.05) is 11.1 Å². The Kier molecular flexibility index (Phi) is 3.51. The highest BCUT2D eigenvalue weighted by atomic mass is 16.4. The molecule has 4 heteroatoms. The molecule has 0 aliphatic rings. The van der Waals surface area contributed by atoms with Crippen LogP contribution in [0.2, 0.25) is 0 Å². The Morgan fingerprint density at radius 3 is 2.10 bits per heavy atom. The molecular weight excluding hydrogens is 264 g/mol. The average Bonchev–Trinajstić information content (AvgIpc) is 2.92. The van der Waals surface area contributed by atoms with Crippen molar-refractivity contribution in [1.82, 2.24) is 9.97 Å². The predicted octanol–water partition coefficient (Wildman–Crippen LogP) is 3.37. The van der Waals surface area contributed by atoms with Crippen molar-refractivity contribution in [3.8, 4) is 22.5 Å². The number of nitrogens with zero attached hydrogens (tertiary/aromatic N) is 1. The second-order valence-electron chi connectivity index (χ2n) is 4.71. The summed E-state index contributed by atoms with van der Waals surface area (Å²) in [7, 11) is 0. The van der Waals surface area contributed by atoms with Crippen molar-refractivity contribution < 1.29 is 9.90 Å². The lowest BCUT2D eigenvalue weighted by molar-refractivity contribution is -0.136. The Morgan fingerprint density at radius 2 is 1.52 bits per heavy atom. The molecule has 0 aliphatic carbocycles. The molecule has 2 N–H and O–H groups in total. The smallest absolute Gasteiger partial charge is 0.311 e. The minimum Gasteiger partial charge on any atom is -0.481 e. The maximum absolute atomic E-state index is 10.9. The first-order valence-electron chi connectivity index (χ1n) is 6.65. The van der Waals surface area contributed by atoms with Crippen LogP contribution in [-0.4, -0.2) is 21.0 Å². The zero-order valence-corrected chi connectivity index (χ0v) is 11.3. The fourth-order valence-corrected chi connectivity index (χ4v) is 2.27. The molecule has 2 aromatic carbocycles. The summed E-state index contributed by atoms with van der Waals surface area (Å²) in [5.41, 5.74) is 3.57. The zero-order chi connectivity index (χ0) is 14.7. The van der Waals surface area contributed by atoms with Gasteiger partial charge in [0.2, 0.25) is 0 Å². The third kappa shape index (κ3) is 2.84. The number of hydrogen-bond acceptors (Lipinski definition) is 2. The maximum atomic E-state index is 10.9. The molecule has 0 aliphatic heterocycles. The van der Waals surface area contributed by atoms with Crippen LogP contribution >= 0.6 is 0 Å². The monoisotopic (exact) mass is 278 g/mol. The summed E-state index contributed by atoms with van der Waals surface area (Å²) in [6.45, 7) is 0. The second kappa shape index (κ2) is 5.63. The number of aromatic nitrogens is 2. The summed E-state index contributed by atoms with van der Waals surface area (Å²) < 4.78 is 0. The summed E-state index contributed by atoms with van der Waals surface area (Å²) in [6, 6.07) is 19.5. The SMILES string of the molecule is O=C(O)Cc1nc(-c2ccccc2)c(-c2ccccc2)[nH]1. The van der Waals surface area contributed by atoms with Gasteiger partial charge in [-0.25, -0.2) is 4.98 Å². The van der Waals surface area contributed by atoms with Gasteiger partial charge in [-0.1, -0.05) is 60.7 Å². The van der Waals surface area contributed by atoms with Crippen molar-refractivity contribution in [3.63, 3.8) is 0 Å². The van der Waals surface area contributed by atoms with E-state index in [2.05, 4.69) is 9.97 Å². The summed E-state index contributed by atoms with van der Waals surface area (Å²) in [6.07, 6.45) is -0.118. The Morgan fingerprint density at radius 1 is 0.952 bits per heavy atom. The molecule has 0 saturated carbocycles. The number of carboxylic acids is 1. The molecule has 0 atom stereocenters. The molecule has 104 valence electrons. The molecule has 0 fully saturated rings. The second-order valence-corrected chi connectivity index (χ2v) is 4.71. The molecule has 3 aromatic rings. The number of imidazole rings is 1. The average molecular weight is 278 g/mol. The minimum atomic E-state index is -0.900. The van der Waals surface area contributed by atoms with Crippen molar-refractivity contribution in [3.05, 3.63) is 66.5 Å². The third-order valence-corrected chi connectivity index (χ3v) is 3.18. The van der Waals surface area contributed by atoms with Gasteiger partial charge in [0.1, 0.15) is 12.2 Å². The quantitative estimate of drug-likeness (QED) is 0.769. The number of carbonyl (C=O) groups is 1. The highest BCUT2D eigenvalue weighted by molar-refractivity contribution is 5.79. The number of H-pyrrole nitrogens is 1. The molecule has 4 nitrogen and oxygen atoms in total. The van der Waals surface area contributed by atoms with E-state index in [-0.39, 0.29) is 6.42 Å². The van der Waals surface area contributed by atoms with Gasteiger partial charge in [-0.05, 0) is 0 Å². The maximum Gasteiger partial charge on any atom is 0.311 e. The summed E-state index contributed by atoms with van der Waals surface area (Å²) in [5.74, 6) is -0.442. The van der Waals surface area contributed by atoms with Crippen LogP contribution in [0, 0.1) is 0 Å². The summed E-state index contributed by atoms with van der Waals surface area (Å²) >= 11 is 0. The number of hydrogen-bond donors (Lipinski definition) is 2. The van der Waals surface area contributed by atoms with E-state index in [1.165, 1.54) is 0 Å². The van der Waals surface area contributed by atoms with Crippen LogP contribution < -0.4 is 0 Å². The van der Waals surface area contributed by atoms with E-state index in [4.69, 9.17) is 5.11 Å². The lowest BCUT2D eigenvalue weighted by atomic mass is 10.1. The number of carboxylic acid groups (broad SMARTS) is 1. The van der Waals surface area contributed by atoms with Crippen molar-refractivity contribution in [1.29, 1.82) is 0 Å². The highest BCUT2D eigenvalue weighted by Gasteiger charge is 2.15. The molecule has 1 aromatic heterocycles. The molecular formula is C17H14N2O2. The lowest BCUT2D eigenvalue weighted by Gasteiger charge is -2.02. The number of benzene rings is 2. The van der Waals surface area contributed by atoms with Crippen LogP contribution in [0.3, 0.4) is 0 Å². The van der Waals surface area contributed by atoms with E-state index in [9.17, 15) is 4.79 Å². The number of aliphatic carboxylic acids is 1. The van der Waals surface area contributed by atoms with Crippen molar-refractivity contribution in [2.24, 2.45) is 0 Å². The van der Waals surface area contributed by atoms with Gasteiger partial charge < -0.3 is 10.1 Å². The molecule has 0 saturated heterocycles. The van der Waals surface area contributed by atoms with E-state index in [0.29, 0.717) is 5.82 Å². The number of nitrogens with one attached hydrogen (secondary N) is 1. The molecule has 3 rings (SSSR count). The van der Waals surface area contributed by atoms with E-state index >= 15 is 0 Å². The standard InChI is InChI=1S/C17H14N2O2/c20-15(21)11-14-18-16(12-7-3-1-4-8-12)17(19-14)13-9-5-2-6-10-13/h1-10H,11H2,(H,18,19)(H,20,21). The van der Waals surface area contributed by atoms with E-state index in [0.717, 1.165) is 22.5 Å². The molecule has 1 heterocycles. The first-order chi connectivity index (χ1) is 10.2. The van der Waals surface area contributed by atoms with Crippen LogP contribution in [0.1, 0.15) is 5.82 Å². The first-order valence-corrected chi connectivity index (χ1v) is 6.65. The van der Waals surface area contributed by atoms with E-state index in [1.54, 1.807) is 0 Å². The number of aromatic amines is 1. The highest BCUT2D eigenvalue weighted by Crippen LogP contribution is 2.29. The molecule has 0 unspecified atom stereocenters. The van der Waals surface area contributed by atoms with Crippen LogP contribution in [0.25, 0.3) is 22.5 Å².